The molecule has 1 unspecified atom stereocenters. The van der Waals surface area contributed by atoms with E-state index in [1.807, 2.05) is 6.07 Å². The molecule has 20 heavy (non-hydrogen) atoms. The minimum absolute atomic E-state index is 0.0855. The Hall–Kier alpha value is -1.91. The predicted octanol–water partition coefficient (Wildman–Crippen LogP) is 1.21. The van der Waals surface area contributed by atoms with Gasteiger partial charge in [-0.15, -0.1) is 0 Å². The molecule has 1 aromatic rings. The Balaban J connectivity index is 3.22. The highest BCUT2D eigenvalue weighted by molar-refractivity contribution is 7.89. The first-order valence-corrected chi connectivity index (χ1v) is 7.34. The van der Waals surface area contributed by atoms with Crippen molar-refractivity contribution in [3.63, 3.8) is 0 Å². The van der Waals surface area contributed by atoms with E-state index in [9.17, 15) is 13.2 Å². The van der Waals surface area contributed by atoms with E-state index in [1.54, 1.807) is 19.1 Å². The van der Waals surface area contributed by atoms with E-state index in [-0.39, 0.29) is 17.0 Å². The number of hydrogen-bond acceptors (Lipinski definition) is 4. The number of carbonyl (C=O) groups is 1. The van der Waals surface area contributed by atoms with Gasteiger partial charge in [-0.25, -0.2) is 12.7 Å². The van der Waals surface area contributed by atoms with Gasteiger partial charge in [0.1, 0.15) is 11.0 Å². The van der Waals surface area contributed by atoms with Crippen LogP contribution in [0.3, 0.4) is 0 Å². The second-order valence-electron chi connectivity index (χ2n) is 4.58. The maximum atomic E-state index is 12.4. The summed E-state index contributed by atoms with van der Waals surface area (Å²) in [7, 11) is -2.58. The van der Waals surface area contributed by atoms with Crippen LogP contribution in [-0.2, 0) is 14.8 Å². The fourth-order valence-corrected chi connectivity index (χ4v) is 3.20. The van der Waals surface area contributed by atoms with E-state index in [4.69, 9.17) is 10.4 Å². The molecule has 0 aliphatic heterocycles. The van der Waals surface area contributed by atoms with Crippen LogP contribution in [0.15, 0.2) is 23.1 Å². The molecule has 0 radical (unpaired) electrons. The number of rotatable bonds is 5. The first-order valence-electron chi connectivity index (χ1n) is 5.90. The summed E-state index contributed by atoms with van der Waals surface area (Å²) in [5.74, 6) is -1.90. The minimum Gasteiger partial charge on any atom is -0.481 e. The quantitative estimate of drug-likeness (QED) is 0.880. The molecule has 6 nitrogen and oxygen atoms in total. The van der Waals surface area contributed by atoms with E-state index in [0.29, 0.717) is 5.56 Å². The second kappa shape index (κ2) is 6.03. The summed E-state index contributed by atoms with van der Waals surface area (Å²) in [5, 5.41) is 17.9. The van der Waals surface area contributed by atoms with Crippen LogP contribution in [0.1, 0.15) is 18.1 Å². The highest BCUT2D eigenvalue weighted by atomic mass is 32.2. The number of carboxylic acids is 1. The SMILES string of the molecule is Cc1cccc(S(=O)(=O)N(C)CC(C)C(=O)O)c1C#N. The highest BCUT2D eigenvalue weighted by Crippen LogP contribution is 2.22. The Kier molecular flexibility index (Phi) is 4.87. The Morgan fingerprint density at radius 2 is 2.10 bits per heavy atom. The van der Waals surface area contributed by atoms with Crippen LogP contribution >= 0.6 is 0 Å². The Morgan fingerprint density at radius 1 is 1.50 bits per heavy atom. The summed E-state index contributed by atoms with van der Waals surface area (Å²) < 4.78 is 25.8. The molecule has 0 spiro atoms. The van der Waals surface area contributed by atoms with Crippen LogP contribution in [0.2, 0.25) is 0 Å². The standard InChI is InChI=1S/C13H16N2O4S/c1-9-5-4-6-12(11(9)7-14)20(18,19)15(3)8-10(2)13(16)17/h4-6,10H,8H2,1-3H3,(H,16,17). The van der Waals surface area contributed by atoms with Gasteiger partial charge in [-0.05, 0) is 18.6 Å². The van der Waals surface area contributed by atoms with Crippen molar-refractivity contribution >= 4 is 16.0 Å². The maximum absolute atomic E-state index is 12.4. The summed E-state index contributed by atoms with van der Waals surface area (Å²) >= 11 is 0. The maximum Gasteiger partial charge on any atom is 0.307 e. The molecule has 0 aliphatic rings. The zero-order valence-corrected chi connectivity index (χ0v) is 12.3. The molecule has 1 rings (SSSR count). The van der Waals surface area contributed by atoms with Gasteiger partial charge in [0.05, 0.1) is 11.5 Å². The first-order chi connectivity index (χ1) is 9.21. The molecule has 1 atom stereocenters. The van der Waals surface area contributed by atoms with Gasteiger partial charge in [-0.2, -0.15) is 5.26 Å². The van der Waals surface area contributed by atoms with E-state index in [2.05, 4.69) is 0 Å². The zero-order valence-electron chi connectivity index (χ0n) is 11.5. The summed E-state index contributed by atoms with van der Waals surface area (Å²) in [6.07, 6.45) is 0. The van der Waals surface area contributed by atoms with Gasteiger partial charge in [0.15, 0.2) is 0 Å². The number of nitriles is 1. The van der Waals surface area contributed by atoms with Crippen molar-refractivity contribution in [1.29, 1.82) is 5.26 Å². The first kappa shape index (κ1) is 16.1. The molecule has 0 bridgehead atoms. The Morgan fingerprint density at radius 3 is 2.60 bits per heavy atom. The summed E-state index contributed by atoms with van der Waals surface area (Å²) in [6.45, 7) is 2.92. The third kappa shape index (κ3) is 3.15. The molecule has 0 fully saturated rings. The van der Waals surface area contributed by atoms with Crippen LogP contribution in [0.5, 0.6) is 0 Å². The van der Waals surface area contributed by atoms with Gasteiger partial charge >= 0.3 is 5.97 Å². The fourth-order valence-electron chi connectivity index (χ4n) is 1.73. The number of aryl methyl sites for hydroxylation is 1. The lowest BCUT2D eigenvalue weighted by atomic mass is 10.1. The van der Waals surface area contributed by atoms with Crippen molar-refractivity contribution in [1.82, 2.24) is 4.31 Å². The topological polar surface area (TPSA) is 98.5 Å². The van der Waals surface area contributed by atoms with Crippen molar-refractivity contribution in [3.8, 4) is 6.07 Å². The second-order valence-corrected chi connectivity index (χ2v) is 6.60. The fraction of sp³-hybridized carbons (Fsp3) is 0.385. The molecule has 1 N–H and O–H groups in total. The third-order valence-corrected chi connectivity index (χ3v) is 4.85. The van der Waals surface area contributed by atoms with Gasteiger partial charge in [-0.3, -0.25) is 4.79 Å². The van der Waals surface area contributed by atoms with E-state index in [1.165, 1.54) is 20.0 Å². The third-order valence-electron chi connectivity index (χ3n) is 2.99. The minimum atomic E-state index is -3.89. The average molecular weight is 296 g/mol. The predicted molar refractivity (Wildman–Crippen MR) is 72.5 cm³/mol. The Labute approximate surface area is 118 Å². The van der Waals surface area contributed by atoms with Crippen molar-refractivity contribution in [2.75, 3.05) is 13.6 Å². The lowest BCUT2D eigenvalue weighted by Gasteiger charge is -2.20. The van der Waals surface area contributed by atoms with Crippen molar-refractivity contribution in [2.45, 2.75) is 18.7 Å². The molecular weight excluding hydrogens is 280 g/mol. The average Bonchev–Trinajstić information content (AvgIpc) is 2.37. The number of carboxylic acid groups (broad SMARTS) is 1. The lowest BCUT2D eigenvalue weighted by Crippen LogP contribution is -2.34. The lowest BCUT2D eigenvalue weighted by molar-refractivity contribution is -0.141. The van der Waals surface area contributed by atoms with E-state index < -0.39 is 21.9 Å². The number of benzene rings is 1. The van der Waals surface area contributed by atoms with Crippen molar-refractivity contribution in [3.05, 3.63) is 29.3 Å². The molecule has 7 heteroatoms. The Bertz CT molecular complexity index is 661. The van der Waals surface area contributed by atoms with Crippen molar-refractivity contribution < 1.29 is 18.3 Å². The van der Waals surface area contributed by atoms with Crippen molar-refractivity contribution in [2.24, 2.45) is 5.92 Å². The summed E-state index contributed by atoms with van der Waals surface area (Å²) in [5.41, 5.74) is 0.649. The van der Waals surface area contributed by atoms with Gasteiger partial charge < -0.3 is 5.11 Å². The van der Waals surface area contributed by atoms with Gasteiger partial charge in [0.25, 0.3) is 0 Å². The molecule has 1 aromatic carbocycles. The number of sulfonamides is 1. The number of aliphatic carboxylic acids is 1. The summed E-state index contributed by atoms with van der Waals surface area (Å²) in [6, 6.07) is 6.43. The monoisotopic (exact) mass is 296 g/mol. The molecule has 108 valence electrons. The van der Waals surface area contributed by atoms with E-state index in [0.717, 1.165) is 4.31 Å². The molecular formula is C13H16N2O4S. The van der Waals surface area contributed by atoms with Gasteiger partial charge in [0.2, 0.25) is 10.0 Å². The zero-order chi connectivity index (χ0) is 15.5. The summed E-state index contributed by atoms with van der Waals surface area (Å²) in [4.78, 5) is 10.7. The smallest absolute Gasteiger partial charge is 0.307 e. The van der Waals surface area contributed by atoms with Crippen LogP contribution in [0, 0.1) is 24.2 Å². The van der Waals surface area contributed by atoms with Crippen LogP contribution in [0.25, 0.3) is 0 Å². The van der Waals surface area contributed by atoms with Gasteiger partial charge in [-0.1, -0.05) is 19.1 Å². The molecule has 0 aromatic heterocycles. The molecule has 0 heterocycles. The molecule has 0 saturated carbocycles. The highest BCUT2D eigenvalue weighted by Gasteiger charge is 2.27. The van der Waals surface area contributed by atoms with Crippen LogP contribution in [0.4, 0.5) is 0 Å². The van der Waals surface area contributed by atoms with Crippen LogP contribution in [-0.4, -0.2) is 37.4 Å². The number of nitrogens with zero attached hydrogens (tertiary/aromatic N) is 2. The molecule has 0 aliphatic carbocycles. The normalized spacial score (nSPS) is 12.9. The molecule has 0 amide bonds. The van der Waals surface area contributed by atoms with Crippen LogP contribution < -0.4 is 0 Å². The largest absolute Gasteiger partial charge is 0.481 e. The van der Waals surface area contributed by atoms with Gasteiger partial charge in [0, 0.05) is 13.6 Å². The number of hydrogen-bond donors (Lipinski definition) is 1. The van der Waals surface area contributed by atoms with E-state index >= 15 is 0 Å². The molecule has 0 saturated heterocycles.